The first-order valence-electron chi connectivity index (χ1n) is 4.48. The Labute approximate surface area is 89.2 Å². The molecule has 0 aromatic heterocycles. The number of hydrogen-bond donors (Lipinski definition) is 0. The highest BCUT2D eigenvalue weighted by Crippen LogP contribution is 2.04. The van der Waals surface area contributed by atoms with E-state index in [4.69, 9.17) is 11.6 Å². The van der Waals surface area contributed by atoms with Crippen molar-refractivity contribution in [3.8, 4) is 0 Å². The summed E-state index contributed by atoms with van der Waals surface area (Å²) in [5.41, 5.74) is 0. The average molecular weight is 222 g/mol. The van der Waals surface area contributed by atoms with Gasteiger partial charge in [-0.1, -0.05) is 6.92 Å². The van der Waals surface area contributed by atoms with E-state index in [-0.39, 0.29) is 24.2 Å². The van der Waals surface area contributed by atoms with Gasteiger partial charge in [0, 0.05) is 18.3 Å². The number of rotatable bonds is 5. The number of methoxy groups -OCH3 is 1. The monoisotopic (exact) mass is 221 g/mol. The third kappa shape index (κ3) is 3.96. The average Bonchev–Trinajstić information content (AvgIpc) is 2.23. The van der Waals surface area contributed by atoms with Crippen LogP contribution in [0.3, 0.4) is 0 Å². The van der Waals surface area contributed by atoms with Crippen LogP contribution in [-0.4, -0.2) is 42.9 Å². The molecule has 1 unspecified atom stereocenters. The Morgan fingerprint density at radius 3 is 2.43 bits per heavy atom. The molecule has 0 spiro atoms. The summed E-state index contributed by atoms with van der Waals surface area (Å²) < 4.78 is 4.48. The van der Waals surface area contributed by atoms with Crippen LogP contribution >= 0.6 is 11.6 Å². The zero-order valence-corrected chi connectivity index (χ0v) is 9.50. The van der Waals surface area contributed by atoms with Crippen molar-refractivity contribution < 1.29 is 14.3 Å². The highest BCUT2D eigenvalue weighted by Gasteiger charge is 2.20. The molecule has 0 fully saturated rings. The first-order valence-corrected chi connectivity index (χ1v) is 5.01. The third-order valence-electron chi connectivity index (χ3n) is 1.89. The van der Waals surface area contributed by atoms with Gasteiger partial charge in [0.2, 0.25) is 5.91 Å². The Bertz CT molecular complexity index is 208. The van der Waals surface area contributed by atoms with Gasteiger partial charge in [-0.2, -0.15) is 0 Å². The number of nitrogens with zero attached hydrogens (tertiary/aromatic N) is 1. The smallest absolute Gasteiger partial charge is 0.325 e. The van der Waals surface area contributed by atoms with Gasteiger partial charge in [-0.15, -0.1) is 11.6 Å². The van der Waals surface area contributed by atoms with E-state index in [0.717, 1.165) is 0 Å². The molecule has 0 heterocycles. The zero-order chi connectivity index (χ0) is 11.1. The number of carbonyl (C=O) groups excluding carboxylic acids is 2. The van der Waals surface area contributed by atoms with Gasteiger partial charge in [-0.05, 0) is 6.92 Å². The number of hydrogen-bond acceptors (Lipinski definition) is 3. The molecule has 0 saturated heterocycles. The van der Waals surface area contributed by atoms with Crippen LogP contribution in [0.5, 0.6) is 0 Å². The van der Waals surface area contributed by atoms with Gasteiger partial charge in [-0.3, -0.25) is 9.59 Å². The second-order valence-corrected chi connectivity index (χ2v) is 3.29. The van der Waals surface area contributed by atoms with E-state index in [9.17, 15) is 9.59 Å². The fourth-order valence-corrected chi connectivity index (χ4v) is 1.08. The molecule has 0 aromatic carbocycles. The maximum atomic E-state index is 11.6. The normalized spacial score (nSPS) is 12.0. The summed E-state index contributed by atoms with van der Waals surface area (Å²) in [7, 11) is 1.30. The highest BCUT2D eigenvalue weighted by molar-refractivity contribution is 6.19. The summed E-state index contributed by atoms with van der Waals surface area (Å²) >= 11 is 5.55. The molecule has 0 saturated carbocycles. The van der Waals surface area contributed by atoms with Crippen molar-refractivity contribution in [2.45, 2.75) is 13.8 Å². The molecule has 0 aliphatic rings. The number of likely N-dealkylation sites (N-methyl/N-ethyl adjacent to an activating group) is 1. The van der Waals surface area contributed by atoms with Crippen LogP contribution in [0.1, 0.15) is 13.8 Å². The van der Waals surface area contributed by atoms with E-state index < -0.39 is 5.97 Å². The van der Waals surface area contributed by atoms with Crippen molar-refractivity contribution >= 4 is 23.5 Å². The summed E-state index contributed by atoms with van der Waals surface area (Å²) in [6, 6.07) is 0. The quantitative estimate of drug-likeness (QED) is 0.512. The first-order chi connectivity index (χ1) is 6.56. The Morgan fingerprint density at radius 1 is 1.50 bits per heavy atom. The second-order valence-electron chi connectivity index (χ2n) is 2.98. The van der Waals surface area contributed by atoms with E-state index in [1.54, 1.807) is 6.92 Å². The Morgan fingerprint density at radius 2 is 2.07 bits per heavy atom. The minimum Gasteiger partial charge on any atom is -0.468 e. The predicted octanol–water partition coefficient (Wildman–Crippen LogP) is 0.883. The van der Waals surface area contributed by atoms with E-state index >= 15 is 0 Å². The fourth-order valence-electron chi connectivity index (χ4n) is 0.944. The molecule has 0 rings (SSSR count). The molecule has 0 aliphatic carbocycles. The SMILES string of the molecule is CCN(CC(=O)OC)C(=O)C(C)CCl. The molecule has 14 heavy (non-hydrogen) atoms. The second kappa shape index (κ2) is 6.65. The van der Waals surface area contributed by atoms with Crippen LogP contribution < -0.4 is 0 Å². The molecular formula is C9H16ClNO3. The van der Waals surface area contributed by atoms with Crippen LogP contribution in [0.2, 0.25) is 0 Å². The molecule has 4 nitrogen and oxygen atoms in total. The van der Waals surface area contributed by atoms with E-state index in [2.05, 4.69) is 4.74 Å². The van der Waals surface area contributed by atoms with Crippen molar-refractivity contribution in [3.05, 3.63) is 0 Å². The van der Waals surface area contributed by atoms with Crippen LogP contribution in [-0.2, 0) is 14.3 Å². The van der Waals surface area contributed by atoms with Crippen molar-refractivity contribution in [1.82, 2.24) is 4.90 Å². The molecule has 0 aliphatic heterocycles. The Hall–Kier alpha value is -0.770. The molecular weight excluding hydrogens is 206 g/mol. The third-order valence-corrected chi connectivity index (χ3v) is 2.36. The minimum atomic E-state index is -0.415. The number of halogens is 1. The van der Waals surface area contributed by atoms with Gasteiger partial charge in [0.25, 0.3) is 0 Å². The summed E-state index contributed by atoms with van der Waals surface area (Å²) in [6.07, 6.45) is 0. The molecule has 82 valence electrons. The lowest BCUT2D eigenvalue weighted by Gasteiger charge is -2.22. The molecule has 0 bridgehead atoms. The number of carbonyl (C=O) groups is 2. The largest absolute Gasteiger partial charge is 0.468 e. The number of ether oxygens (including phenoxy) is 1. The predicted molar refractivity (Wildman–Crippen MR) is 54.2 cm³/mol. The van der Waals surface area contributed by atoms with Crippen LogP contribution in [0.4, 0.5) is 0 Å². The molecule has 1 atom stereocenters. The van der Waals surface area contributed by atoms with E-state index in [1.165, 1.54) is 12.0 Å². The molecule has 0 N–H and O–H groups in total. The molecule has 5 heteroatoms. The summed E-state index contributed by atoms with van der Waals surface area (Å²) in [5, 5.41) is 0. The van der Waals surface area contributed by atoms with E-state index in [0.29, 0.717) is 6.54 Å². The zero-order valence-electron chi connectivity index (χ0n) is 8.75. The number of alkyl halides is 1. The van der Waals surface area contributed by atoms with Gasteiger partial charge >= 0.3 is 5.97 Å². The molecule has 0 aromatic rings. The van der Waals surface area contributed by atoms with E-state index in [1.807, 2.05) is 6.92 Å². The summed E-state index contributed by atoms with van der Waals surface area (Å²) in [6.45, 7) is 4.01. The number of esters is 1. The number of amides is 1. The topological polar surface area (TPSA) is 46.6 Å². The van der Waals surface area contributed by atoms with Gasteiger partial charge in [-0.25, -0.2) is 0 Å². The Balaban J connectivity index is 4.26. The van der Waals surface area contributed by atoms with Crippen LogP contribution in [0.25, 0.3) is 0 Å². The Kier molecular flexibility index (Phi) is 6.28. The molecule has 1 amide bonds. The first kappa shape index (κ1) is 13.2. The summed E-state index contributed by atoms with van der Waals surface area (Å²) in [5.74, 6) is -0.535. The maximum Gasteiger partial charge on any atom is 0.325 e. The van der Waals surface area contributed by atoms with Crippen molar-refractivity contribution in [2.24, 2.45) is 5.92 Å². The van der Waals surface area contributed by atoms with Gasteiger partial charge < -0.3 is 9.64 Å². The standard InChI is InChI=1S/C9H16ClNO3/c1-4-11(6-8(12)14-3)9(13)7(2)5-10/h7H,4-6H2,1-3H3. The van der Waals surface area contributed by atoms with Crippen molar-refractivity contribution in [3.63, 3.8) is 0 Å². The lowest BCUT2D eigenvalue weighted by molar-refractivity contribution is -0.147. The fraction of sp³-hybridized carbons (Fsp3) is 0.778. The van der Waals surface area contributed by atoms with Crippen molar-refractivity contribution in [2.75, 3.05) is 26.1 Å². The van der Waals surface area contributed by atoms with Crippen molar-refractivity contribution in [1.29, 1.82) is 0 Å². The molecule has 0 radical (unpaired) electrons. The van der Waals surface area contributed by atoms with Gasteiger partial charge in [0.1, 0.15) is 6.54 Å². The maximum absolute atomic E-state index is 11.6. The summed E-state index contributed by atoms with van der Waals surface area (Å²) in [4.78, 5) is 24.0. The minimum absolute atomic E-state index is 0.00688. The highest BCUT2D eigenvalue weighted by atomic mass is 35.5. The van der Waals surface area contributed by atoms with Crippen LogP contribution in [0, 0.1) is 5.92 Å². The lowest BCUT2D eigenvalue weighted by atomic mass is 10.2. The van der Waals surface area contributed by atoms with Gasteiger partial charge in [0.15, 0.2) is 0 Å². The lowest BCUT2D eigenvalue weighted by Crippen LogP contribution is -2.39. The van der Waals surface area contributed by atoms with Crippen LogP contribution in [0.15, 0.2) is 0 Å². The van der Waals surface area contributed by atoms with Gasteiger partial charge in [0.05, 0.1) is 7.11 Å².